The zero-order valence-corrected chi connectivity index (χ0v) is 11.1. The van der Waals surface area contributed by atoms with Gasteiger partial charge in [-0.25, -0.2) is 0 Å². The van der Waals surface area contributed by atoms with E-state index in [0.717, 1.165) is 21.9 Å². The molecule has 0 amide bonds. The van der Waals surface area contributed by atoms with Crippen molar-refractivity contribution in [1.82, 2.24) is 0 Å². The Labute approximate surface area is 123 Å². The van der Waals surface area contributed by atoms with E-state index in [2.05, 4.69) is 0 Å². The first-order valence-electron chi connectivity index (χ1n) is 6.56. The van der Waals surface area contributed by atoms with Crippen LogP contribution in [0.3, 0.4) is 0 Å². The van der Waals surface area contributed by atoms with E-state index in [1.807, 2.05) is 18.2 Å². The lowest BCUT2D eigenvalue weighted by Crippen LogP contribution is -1.90. The minimum absolute atomic E-state index is 0.0148. The molecule has 3 aromatic rings. The minimum Gasteiger partial charge on any atom is -0.258 e. The Morgan fingerprint density at radius 1 is 0.682 bits per heavy atom. The second kappa shape index (κ2) is 4.11. The number of non-ortho nitro benzene ring substituents is 2. The molecule has 0 saturated heterocycles. The molecule has 0 fully saturated rings. The standard InChI is InChI=1S/C16H8N2O4/c19-17(20)10-4-5-12-13-3-1-2-9-6-11(18(21)22)8-15(16(9)13)14(12)7-10/h1-8H. The Hall–Kier alpha value is -3.28. The van der Waals surface area contributed by atoms with Crippen LogP contribution < -0.4 is 0 Å². The smallest absolute Gasteiger partial charge is 0.258 e. The molecular formula is C16H8N2O4. The summed E-state index contributed by atoms with van der Waals surface area (Å²) in [5.74, 6) is 0. The highest BCUT2D eigenvalue weighted by molar-refractivity contribution is 6.16. The number of hydrogen-bond donors (Lipinski definition) is 0. The van der Waals surface area contributed by atoms with Crippen LogP contribution in [0.5, 0.6) is 0 Å². The molecule has 0 N–H and O–H groups in total. The van der Waals surface area contributed by atoms with E-state index in [-0.39, 0.29) is 11.4 Å². The maximum atomic E-state index is 11.1. The average Bonchev–Trinajstić information content (AvgIpc) is 2.83. The maximum absolute atomic E-state index is 11.1. The first-order chi connectivity index (χ1) is 10.6. The van der Waals surface area contributed by atoms with E-state index in [1.54, 1.807) is 6.07 Å². The molecule has 0 heterocycles. The van der Waals surface area contributed by atoms with Gasteiger partial charge < -0.3 is 0 Å². The Bertz CT molecular complexity index is 995. The number of fused-ring (bicyclic) bond motifs is 3. The predicted octanol–water partition coefficient (Wildman–Crippen LogP) is 4.30. The SMILES string of the molecule is O=[N+]([O-])c1ccc2c(c1)-c1cc([N+](=O)[O-])cc3cccc-2c13. The van der Waals surface area contributed by atoms with Crippen molar-refractivity contribution >= 4 is 22.1 Å². The van der Waals surface area contributed by atoms with Crippen LogP contribution in [0.4, 0.5) is 11.4 Å². The highest BCUT2D eigenvalue weighted by atomic mass is 16.6. The third-order valence-electron chi connectivity index (χ3n) is 3.97. The molecule has 0 atom stereocenters. The van der Waals surface area contributed by atoms with E-state index >= 15 is 0 Å². The van der Waals surface area contributed by atoms with Crippen LogP contribution in [0.25, 0.3) is 33.0 Å². The Balaban J connectivity index is 2.13. The summed E-state index contributed by atoms with van der Waals surface area (Å²) in [6, 6.07) is 13.2. The number of rotatable bonds is 2. The normalized spacial score (nSPS) is 11.5. The summed E-state index contributed by atoms with van der Waals surface area (Å²) in [4.78, 5) is 21.2. The number of hydrogen-bond acceptors (Lipinski definition) is 4. The van der Waals surface area contributed by atoms with Gasteiger partial charge in [-0.2, -0.15) is 0 Å². The van der Waals surface area contributed by atoms with Gasteiger partial charge in [-0.15, -0.1) is 0 Å². The Morgan fingerprint density at radius 3 is 2.14 bits per heavy atom. The predicted molar refractivity (Wildman–Crippen MR) is 81.7 cm³/mol. The molecule has 4 rings (SSSR count). The highest BCUT2D eigenvalue weighted by Crippen LogP contribution is 2.49. The van der Waals surface area contributed by atoms with Crippen molar-refractivity contribution in [3.05, 3.63) is 68.8 Å². The zero-order valence-electron chi connectivity index (χ0n) is 11.1. The molecular weight excluding hydrogens is 284 g/mol. The molecule has 0 bridgehead atoms. The van der Waals surface area contributed by atoms with E-state index in [1.165, 1.54) is 24.3 Å². The monoisotopic (exact) mass is 292 g/mol. The molecule has 1 aliphatic rings. The Morgan fingerprint density at radius 2 is 1.41 bits per heavy atom. The second-order valence-electron chi connectivity index (χ2n) is 5.14. The fourth-order valence-corrected chi connectivity index (χ4v) is 3.06. The largest absolute Gasteiger partial charge is 0.270 e. The third kappa shape index (κ3) is 1.54. The fourth-order valence-electron chi connectivity index (χ4n) is 3.06. The molecule has 0 unspecified atom stereocenters. The van der Waals surface area contributed by atoms with Crippen molar-refractivity contribution < 1.29 is 9.85 Å². The molecule has 0 aliphatic heterocycles. The van der Waals surface area contributed by atoms with E-state index in [9.17, 15) is 20.2 Å². The minimum atomic E-state index is -0.460. The van der Waals surface area contributed by atoms with Crippen LogP contribution in [-0.4, -0.2) is 9.85 Å². The van der Waals surface area contributed by atoms with Crippen LogP contribution >= 0.6 is 0 Å². The van der Waals surface area contributed by atoms with Gasteiger partial charge >= 0.3 is 0 Å². The fraction of sp³-hybridized carbons (Fsp3) is 0. The van der Waals surface area contributed by atoms with Crippen molar-refractivity contribution in [3.8, 4) is 22.3 Å². The van der Waals surface area contributed by atoms with Crippen LogP contribution in [-0.2, 0) is 0 Å². The van der Waals surface area contributed by atoms with Crippen molar-refractivity contribution in [2.75, 3.05) is 0 Å². The van der Waals surface area contributed by atoms with Gasteiger partial charge in [-0.3, -0.25) is 20.2 Å². The summed E-state index contributed by atoms with van der Waals surface area (Å²) in [6.45, 7) is 0. The molecule has 3 aromatic carbocycles. The summed E-state index contributed by atoms with van der Waals surface area (Å²) in [7, 11) is 0. The van der Waals surface area contributed by atoms with E-state index in [0.29, 0.717) is 11.1 Å². The van der Waals surface area contributed by atoms with Crippen molar-refractivity contribution in [2.24, 2.45) is 0 Å². The van der Waals surface area contributed by atoms with E-state index < -0.39 is 9.85 Å². The van der Waals surface area contributed by atoms with Gasteiger partial charge in [0.25, 0.3) is 11.4 Å². The lowest BCUT2D eigenvalue weighted by atomic mass is 10.0. The molecule has 0 aromatic heterocycles. The lowest BCUT2D eigenvalue weighted by molar-refractivity contribution is -0.385. The third-order valence-corrected chi connectivity index (χ3v) is 3.97. The van der Waals surface area contributed by atoms with Crippen LogP contribution in [0.1, 0.15) is 0 Å². The molecule has 6 nitrogen and oxygen atoms in total. The van der Waals surface area contributed by atoms with Crippen molar-refractivity contribution in [2.45, 2.75) is 0 Å². The second-order valence-corrected chi connectivity index (χ2v) is 5.14. The summed E-state index contributed by atoms with van der Waals surface area (Å²) >= 11 is 0. The molecule has 106 valence electrons. The molecule has 6 heteroatoms. The van der Waals surface area contributed by atoms with Crippen LogP contribution in [0.2, 0.25) is 0 Å². The zero-order chi connectivity index (χ0) is 15.4. The topological polar surface area (TPSA) is 86.3 Å². The summed E-state index contributed by atoms with van der Waals surface area (Å²) in [5, 5.41) is 23.8. The first-order valence-corrected chi connectivity index (χ1v) is 6.56. The summed E-state index contributed by atoms with van der Waals surface area (Å²) in [5.41, 5.74) is 3.13. The van der Waals surface area contributed by atoms with Gasteiger partial charge in [0.2, 0.25) is 0 Å². The van der Waals surface area contributed by atoms with Gasteiger partial charge in [0.15, 0.2) is 0 Å². The molecule has 0 saturated carbocycles. The van der Waals surface area contributed by atoms with Gasteiger partial charge in [-0.1, -0.05) is 18.2 Å². The van der Waals surface area contributed by atoms with Gasteiger partial charge in [0.1, 0.15) is 0 Å². The van der Waals surface area contributed by atoms with Crippen molar-refractivity contribution in [3.63, 3.8) is 0 Å². The van der Waals surface area contributed by atoms with Crippen LogP contribution in [0, 0.1) is 20.2 Å². The van der Waals surface area contributed by atoms with Crippen molar-refractivity contribution in [1.29, 1.82) is 0 Å². The lowest BCUT2D eigenvalue weighted by Gasteiger charge is -2.02. The van der Waals surface area contributed by atoms with Gasteiger partial charge in [0.05, 0.1) is 9.85 Å². The average molecular weight is 292 g/mol. The number of nitrogens with zero attached hydrogens (tertiary/aromatic N) is 2. The van der Waals surface area contributed by atoms with Gasteiger partial charge in [-0.05, 0) is 39.1 Å². The maximum Gasteiger partial charge on any atom is 0.270 e. The first kappa shape index (κ1) is 12.5. The molecule has 1 aliphatic carbocycles. The Kier molecular flexibility index (Phi) is 2.33. The number of benzene rings is 3. The molecule has 0 radical (unpaired) electrons. The number of nitro benzene ring substituents is 2. The molecule has 0 spiro atoms. The number of nitro groups is 2. The van der Waals surface area contributed by atoms with E-state index in [4.69, 9.17) is 0 Å². The van der Waals surface area contributed by atoms with Gasteiger partial charge in [0, 0.05) is 24.3 Å². The van der Waals surface area contributed by atoms with Crippen LogP contribution in [0.15, 0.2) is 48.5 Å². The summed E-state index contributed by atoms with van der Waals surface area (Å²) in [6.07, 6.45) is 0. The highest BCUT2D eigenvalue weighted by Gasteiger charge is 2.25. The quantitative estimate of drug-likeness (QED) is 0.407. The summed E-state index contributed by atoms with van der Waals surface area (Å²) < 4.78 is 0. The molecule has 22 heavy (non-hydrogen) atoms.